The molecule has 0 radical (unpaired) electrons. The van der Waals surface area contributed by atoms with Crippen molar-refractivity contribution in [2.75, 3.05) is 25.2 Å². The summed E-state index contributed by atoms with van der Waals surface area (Å²) in [6.07, 6.45) is 4.71. The second-order valence-corrected chi connectivity index (χ2v) is 5.98. The molecule has 4 heteroatoms. The van der Waals surface area contributed by atoms with Crippen LogP contribution in [0.2, 0.25) is 0 Å². The van der Waals surface area contributed by atoms with E-state index in [4.69, 9.17) is 15.2 Å². The molecule has 3 nitrogen and oxygen atoms in total. The SMILES string of the molecule is COc1ccc(CCCCN)cc1OC1CCSC1. The molecule has 106 valence electrons. The van der Waals surface area contributed by atoms with Crippen molar-refractivity contribution in [3.63, 3.8) is 0 Å². The first-order valence-electron chi connectivity index (χ1n) is 6.95. The normalized spacial score (nSPS) is 18.5. The summed E-state index contributed by atoms with van der Waals surface area (Å²) in [5, 5.41) is 0. The minimum atomic E-state index is 0.332. The van der Waals surface area contributed by atoms with Crippen LogP contribution in [-0.4, -0.2) is 31.3 Å². The summed E-state index contributed by atoms with van der Waals surface area (Å²) in [6, 6.07) is 6.25. The molecular weight excluding hydrogens is 258 g/mol. The first-order chi connectivity index (χ1) is 9.33. The molecule has 2 N–H and O–H groups in total. The molecule has 2 rings (SSSR count). The van der Waals surface area contributed by atoms with Crippen LogP contribution in [-0.2, 0) is 6.42 Å². The molecule has 1 fully saturated rings. The third kappa shape index (κ3) is 4.32. The zero-order valence-electron chi connectivity index (χ0n) is 11.6. The van der Waals surface area contributed by atoms with Crippen molar-refractivity contribution < 1.29 is 9.47 Å². The largest absolute Gasteiger partial charge is 0.493 e. The highest BCUT2D eigenvalue weighted by molar-refractivity contribution is 7.99. The van der Waals surface area contributed by atoms with Crippen LogP contribution in [0.15, 0.2) is 18.2 Å². The molecule has 0 bridgehead atoms. The Morgan fingerprint density at radius 1 is 1.32 bits per heavy atom. The van der Waals surface area contributed by atoms with Crippen LogP contribution in [0.5, 0.6) is 11.5 Å². The summed E-state index contributed by atoms with van der Waals surface area (Å²) in [7, 11) is 1.69. The fourth-order valence-corrected chi connectivity index (χ4v) is 3.32. The van der Waals surface area contributed by atoms with Gasteiger partial charge in [0.1, 0.15) is 6.10 Å². The number of ether oxygens (including phenoxy) is 2. The van der Waals surface area contributed by atoms with Crippen LogP contribution in [0.1, 0.15) is 24.8 Å². The second kappa shape index (κ2) is 7.65. The Morgan fingerprint density at radius 2 is 2.21 bits per heavy atom. The number of nitrogens with two attached hydrogens (primary N) is 1. The summed E-state index contributed by atoms with van der Waals surface area (Å²) >= 11 is 1.96. The van der Waals surface area contributed by atoms with E-state index >= 15 is 0 Å². The smallest absolute Gasteiger partial charge is 0.161 e. The molecular formula is C15H23NO2S. The highest BCUT2D eigenvalue weighted by atomic mass is 32.2. The summed E-state index contributed by atoms with van der Waals surface area (Å²) in [5.41, 5.74) is 6.83. The van der Waals surface area contributed by atoms with Crippen molar-refractivity contribution >= 4 is 11.8 Å². The van der Waals surface area contributed by atoms with Crippen LogP contribution >= 0.6 is 11.8 Å². The van der Waals surface area contributed by atoms with Gasteiger partial charge in [-0.2, -0.15) is 11.8 Å². The molecule has 0 amide bonds. The number of thioether (sulfide) groups is 1. The van der Waals surface area contributed by atoms with Gasteiger partial charge in [0.15, 0.2) is 11.5 Å². The number of hydrogen-bond donors (Lipinski definition) is 1. The van der Waals surface area contributed by atoms with Crippen molar-refractivity contribution in [3.05, 3.63) is 23.8 Å². The number of rotatable bonds is 7. The average Bonchev–Trinajstić information content (AvgIpc) is 2.92. The number of aryl methyl sites for hydroxylation is 1. The fourth-order valence-electron chi connectivity index (χ4n) is 2.23. The molecule has 1 saturated heterocycles. The molecule has 0 saturated carbocycles. The highest BCUT2D eigenvalue weighted by Crippen LogP contribution is 2.32. The third-order valence-corrected chi connectivity index (χ3v) is 4.46. The molecule has 1 aromatic carbocycles. The van der Waals surface area contributed by atoms with Crippen molar-refractivity contribution in [1.82, 2.24) is 0 Å². The van der Waals surface area contributed by atoms with Crippen molar-refractivity contribution in [2.24, 2.45) is 5.73 Å². The van der Waals surface area contributed by atoms with E-state index in [0.717, 1.165) is 49.5 Å². The Morgan fingerprint density at radius 3 is 2.89 bits per heavy atom. The average molecular weight is 281 g/mol. The van der Waals surface area contributed by atoms with Crippen LogP contribution in [0, 0.1) is 0 Å². The topological polar surface area (TPSA) is 44.5 Å². The standard InChI is InChI=1S/C15H23NO2S/c1-17-14-6-5-12(4-2-3-8-16)10-15(14)18-13-7-9-19-11-13/h5-6,10,13H,2-4,7-9,11,16H2,1H3. The molecule has 19 heavy (non-hydrogen) atoms. The maximum atomic E-state index is 6.07. The van der Waals surface area contributed by atoms with Gasteiger partial charge in [-0.15, -0.1) is 0 Å². The van der Waals surface area contributed by atoms with E-state index in [9.17, 15) is 0 Å². The van der Waals surface area contributed by atoms with Gasteiger partial charge < -0.3 is 15.2 Å². The summed E-state index contributed by atoms with van der Waals surface area (Å²) in [4.78, 5) is 0. The highest BCUT2D eigenvalue weighted by Gasteiger charge is 2.19. The third-order valence-electron chi connectivity index (χ3n) is 3.33. The lowest BCUT2D eigenvalue weighted by Crippen LogP contribution is -2.15. The zero-order chi connectivity index (χ0) is 13.5. The molecule has 1 unspecified atom stereocenters. The Bertz CT molecular complexity index is 392. The van der Waals surface area contributed by atoms with Crippen molar-refractivity contribution in [1.29, 1.82) is 0 Å². The van der Waals surface area contributed by atoms with Crippen molar-refractivity contribution in [2.45, 2.75) is 31.8 Å². The predicted molar refractivity (Wildman–Crippen MR) is 81.3 cm³/mol. The molecule has 1 aromatic rings. The van der Waals surface area contributed by atoms with E-state index in [2.05, 4.69) is 12.1 Å². The Balaban J connectivity index is 2.02. The van der Waals surface area contributed by atoms with E-state index in [1.165, 1.54) is 11.3 Å². The summed E-state index contributed by atoms with van der Waals surface area (Å²) in [6.45, 7) is 0.763. The van der Waals surface area contributed by atoms with E-state index < -0.39 is 0 Å². The molecule has 1 atom stereocenters. The maximum absolute atomic E-state index is 6.07. The van der Waals surface area contributed by atoms with Gasteiger partial charge in [-0.1, -0.05) is 6.07 Å². The lowest BCUT2D eigenvalue weighted by atomic mass is 10.1. The molecule has 1 aliphatic rings. The van der Waals surface area contributed by atoms with Gasteiger partial charge in [0, 0.05) is 5.75 Å². The lowest BCUT2D eigenvalue weighted by molar-refractivity contribution is 0.218. The number of benzene rings is 1. The molecule has 0 aromatic heterocycles. The van der Waals surface area contributed by atoms with Gasteiger partial charge in [0.25, 0.3) is 0 Å². The second-order valence-electron chi connectivity index (χ2n) is 4.83. The predicted octanol–water partition coefficient (Wildman–Crippen LogP) is 2.86. The van der Waals surface area contributed by atoms with Crippen LogP contribution in [0.3, 0.4) is 0 Å². The van der Waals surface area contributed by atoms with Crippen LogP contribution < -0.4 is 15.2 Å². The number of hydrogen-bond acceptors (Lipinski definition) is 4. The van der Waals surface area contributed by atoms with Gasteiger partial charge in [0.05, 0.1) is 7.11 Å². The van der Waals surface area contributed by atoms with E-state index in [1.807, 2.05) is 17.8 Å². The van der Waals surface area contributed by atoms with Gasteiger partial charge in [-0.3, -0.25) is 0 Å². The fraction of sp³-hybridized carbons (Fsp3) is 0.600. The Kier molecular flexibility index (Phi) is 5.86. The number of unbranched alkanes of at least 4 members (excludes halogenated alkanes) is 1. The van der Waals surface area contributed by atoms with E-state index in [-0.39, 0.29) is 0 Å². The summed E-state index contributed by atoms with van der Waals surface area (Å²) in [5.74, 6) is 4.00. The monoisotopic (exact) mass is 281 g/mol. The quantitative estimate of drug-likeness (QED) is 0.781. The lowest BCUT2D eigenvalue weighted by Gasteiger charge is -2.16. The number of methoxy groups -OCH3 is 1. The molecule has 1 aliphatic heterocycles. The minimum absolute atomic E-state index is 0.332. The first-order valence-corrected chi connectivity index (χ1v) is 8.10. The summed E-state index contributed by atoms with van der Waals surface area (Å²) < 4.78 is 11.5. The van der Waals surface area contributed by atoms with Gasteiger partial charge >= 0.3 is 0 Å². The van der Waals surface area contributed by atoms with Gasteiger partial charge in [-0.25, -0.2) is 0 Å². The van der Waals surface area contributed by atoms with Crippen LogP contribution in [0.25, 0.3) is 0 Å². The first kappa shape index (κ1) is 14.5. The minimum Gasteiger partial charge on any atom is -0.493 e. The maximum Gasteiger partial charge on any atom is 0.161 e. The molecule has 0 aliphatic carbocycles. The van der Waals surface area contributed by atoms with E-state index in [1.54, 1.807) is 7.11 Å². The van der Waals surface area contributed by atoms with Crippen LogP contribution in [0.4, 0.5) is 0 Å². The molecule has 0 spiro atoms. The van der Waals surface area contributed by atoms with E-state index in [0.29, 0.717) is 6.10 Å². The Hall–Kier alpha value is -0.870. The van der Waals surface area contributed by atoms with Crippen molar-refractivity contribution in [3.8, 4) is 11.5 Å². The van der Waals surface area contributed by atoms with Gasteiger partial charge in [-0.05, 0) is 55.7 Å². The zero-order valence-corrected chi connectivity index (χ0v) is 12.4. The van der Waals surface area contributed by atoms with Gasteiger partial charge in [0.2, 0.25) is 0 Å². The molecule has 1 heterocycles. The Labute approximate surface area is 119 Å².